The van der Waals surface area contributed by atoms with E-state index < -0.39 is 5.97 Å². The minimum Gasteiger partial charge on any atom is -0.478 e. The van der Waals surface area contributed by atoms with Crippen LogP contribution in [-0.2, 0) is 13.0 Å². The minimum absolute atomic E-state index is 0.369. The van der Waals surface area contributed by atoms with Crippen LogP contribution in [0.5, 0.6) is 0 Å². The topological polar surface area (TPSA) is 66.6 Å². The first kappa shape index (κ1) is 14.5. The SMILES string of the molecule is CCc1c(C(=O)O)ccc(N)c1CN(CC)CC. The molecule has 0 aliphatic rings. The molecule has 1 aromatic carbocycles. The number of aromatic carboxylic acids is 1. The van der Waals surface area contributed by atoms with E-state index in [-0.39, 0.29) is 0 Å². The van der Waals surface area contributed by atoms with Crippen LogP contribution >= 0.6 is 0 Å². The number of carboxylic acid groups (broad SMARTS) is 1. The molecule has 0 radical (unpaired) electrons. The number of nitrogen functional groups attached to an aromatic ring is 1. The molecule has 4 nitrogen and oxygen atoms in total. The van der Waals surface area contributed by atoms with Crippen LogP contribution in [0.1, 0.15) is 42.3 Å². The van der Waals surface area contributed by atoms with Gasteiger partial charge in [0, 0.05) is 12.2 Å². The van der Waals surface area contributed by atoms with Gasteiger partial charge in [-0.1, -0.05) is 20.8 Å². The highest BCUT2D eigenvalue weighted by atomic mass is 16.4. The molecule has 0 bridgehead atoms. The van der Waals surface area contributed by atoms with Crippen LogP contribution in [0.2, 0.25) is 0 Å². The largest absolute Gasteiger partial charge is 0.478 e. The molecule has 0 saturated heterocycles. The zero-order valence-corrected chi connectivity index (χ0v) is 11.4. The number of nitrogens with zero attached hydrogens (tertiary/aromatic N) is 1. The first-order valence-corrected chi connectivity index (χ1v) is 6.40. The van der Waals surface area contributed by atoms with Crippen LogP contribution in [0.15, 0.2) is 12.1 Å². The molecule has 0 fully saturated rings. The lowest BCUT2D eigenvalue weighted by Gasteiger charge is -2.22. The van der Waals surface area contributed by atoms with Crippen molar-refractivity contribution in [1.29, 1.82) is 0 Å². The summed E-state index contributed by atoms with van der Waals surface area (Å²) in [5.74, 6) is -0.882. The van der Waals surface area contributed by atoms with Crippen LogP contribution in [0.25, 0.3) is 0 Å². The number of hydrogen-bond acceptors (Lipinski definition) is 3. The van der Waals surface area contributed by atoms with Crippen LogP contribution in [-0.4, -0.2) is 29.1 Å². The van der Waals surface area contributed by atoms with Gasteiger partial charge in [-0.25, -0.2) is 4.79 Å². The van der Waals surface area contributed by atoms with Crippen molar-refractivity contribution in [3.05, 3.63) is 28.8 Å². The quantitative estimate of drug-likeness (QED) is 0.761. The Hall–Kier alpha value is -1.55. The third kappa shape index (κ3) is 3.01. The Bertz CT molecular complexity index is 426. The van der Waals surface area contributed by atoms with Gasteiger partial charge in [0.15, 0.2) is 0 Å². The first-order chi connectivity index (χ1) is 8.54. The lowest BCUT2D eigenvalue weighted by Crippen LogP contribution is -2.24. The summed E-state index contributed by atoms with van der Waals surface area (Å²) < 4.78 is 0. The molecule has 4 heteroatoms. The molecule has 0 aromatic heterocycles. The van der Waals surface area contributed by atoms with E-state index >= 15 is 0 Å². The van der Waals surface area contributed by atoms with Crippen molar-refractivity contribution in [3.63, 3.8) is 0 Å². The average Bonchev–Trinajstić information content (AvgIpc) is 2.36. The highest BCUT2D eigenvalue weighted by molar-refractivity contribution is 5.90. The predicted molar refractivity (Wildman–Crippen MR) is 73.8 cm³/mol. The van der Waals surface area contributed by atoms with E-state index in [1.54, 1.807) is 12.1 Å². The second kappa shape index (κ2) is 6.40. The molecule has 0 spiro atoms. The van der Waals surface area contributed by atoms with E-state index in [4.69, 9.17) is 5.73 Å². The summed E-state index contributed by atoms with van der Waals surface area (Å²) in [5.41, 5.74) is 8.87. The highest BCUT2D eigenvalue weighted by Crippen LogP contribution is 2.24. The number of hydrogen-bond donors (Lipinski definition) is 2. The fourth-order valence-electron chi connectivity index (χ4n) is 2.17. The summed E-state index contributed by atoms with van der Waals surface area (Å²) >= 11 is 0. The van der Waals surface area contributed by atoms with Crippen LogP contribution in [0.4, 0.5) is 5.69 Å². The fourth-order valence-corrected chi connectivity index (χ4v) is 2.17. The van der Waals surface area contributed by atoms with Crippen molar-refractivity contribution < 1.29 is 9.90 Å². The van der Waals surface area contributed by atoms with Crippen molar-refractivity contribution in [2.24, 2.45) is 0 Å². The molecule has 0 atom stereocenters. The zero-order chi connectivity index (χ0) is 13.7. The van der Waals surface area contributed by atoms with E-state index in [0.717, 1.165) is 24.2 Å². The normalized spacial score (nSPS) is 10.9. The van der Waals surface area contributed by atoms with Crippen molar-refractivity contribution in [1.82, 2.24) is 4.90 Å². The van der Waals surface area contributed by atoms with E-state index in [2.05, 4.69) is 18.7 Å². The van der Waals surface area contributed by atoms with E-state index in [1.807, 2.05) is 6.92 Å². The van der Waals surface area contributed by atoms with Gasteiger partial charge < -0.3 is 10.8 Å². The maximum atomic E-state index is 11.2. The van der Waals surface area contributed by atoms with Crippen molar-refractivity contribution >= 4 is 11.7 Å². The molecule has 0 unspecified atom stereocenters. The molecule has 0 aliphatic carbocycles. The van der Waals surface area contributed by atoms with Gasteiger partial charge in [0.25, 0.3) is 0 Å². The molecule has 0 saturated carbocycles. The summed E-state index contributed by atoms with van der Waals surface area (Å²) in [7, 11) is 0. The molecule has 100 valence electrons. The second-order valence-electron chi connectivity index (χ2n) is 4.28. The van der Waals surface area contributed by atoms with Gasteiger partial charge in [-0.15, -0.1) is 0 Å². The first-order valence-electron chi connectivity index (χ1n) is 6.40. The Balaban J connectivity index is 3.23. The lowest BCUT2D eigenvalue weighted by molar-refractivity contribution is 0.0695. The maximum Gasteiger partial charge on any atom is 0.335 e. The van der Waals surface area contributed by atoms with Gasteiger partial charge in [0.05, 0.1) is 5.56 Å². The monoisotopic (exact) mass is 250 g/mol. The molecule has 1 rings (SSSR count). The summed E-state index contributed by atoms with van der Waals surface area (Å²) in [4.78, 5) is 13.4. The van der Waals surface area contributed by atoms with Gasteiger partial charge in [0.2, 0.25) is 0 Å². The van der Waals surface area contributed by atoms with E-state index in [1.165, 1.54) is 0 Å². The second-order valence-corrected chi connectivity index (χ2v) is 4.28. The van der Waals surface area contributed by atoms with Crippen molar-refractivity contribution in [3.8, 4) is 0 Å². The van der Waals surface area contributed by atoms with Crippen LogP contribution < -0.4 is 5.73 Å². The molecule has 0 heterocycles. The van der Waals surface area contributed by atoms with E-state index in [0.29, 0.717) is 24.2 Å². The minimum atomic E-state index is -0.882. The maximum absolute atomic E-state index is 11.2. The highest BCUT2D eigenvalue weighted by Gasteiger charge is 2.16. The summed E-state index contributed by atoms with van der Waals surface area (Å²) in [5, 5.41) is 9.21. The number of rotatable bonds is 6. The molecule has 0 amide bonds. The molecule has 18 heavy (non-hydrogen) atoms. The smallest absolute Gasteiger partial charge is 0.335 e. The molecule has 0 aliphatic heterocycles. The van der Waals surface area contributed by atoms with Gasteiger partial charge in [-0.05, 0) is 42.8 Å². The van der Waals surface area contributed by atoms with Crippen molar-refractivity contribution in [2.75, 3.05) is 18.8 Å². The summed E-state index contributed by atoms with van der Waals surface area (Å²) in [6, 6.07) is 3.30. The Morgan fingerprint density at radius 2 is 1.83 bits per heavy atom. The van der Waals surface area contributed by atoms with Crippen molar-refractivity contribution in [2.45, 2.75) is 33.7 Å². The van der Waals surface area contributed by atoms with Gasteiger partial charge in [-0.3, -0.25) is 4.90 Å². The Kier molecular flexibility index (Phi) is 5.16. The average molecular weight is 250 g/mol. The Morgan fingerprint density at radius 1 is 1.22 bits per heavy atom. The van der Waals surface area contributed by atoms with E-state index in [9.17, 15) is 9.90 Å². The number of carbonyl (C=O) groups is 1. The third-order valence-electron chi connectivity index (χ3n) is 3.33. The molecular formula is C14H22N2O2. The molecule has 3 N–H and O–H groups in total. The lowest BCUT2D eigenvalue weighted by atomic mass is 9.96. The summed E-state index contributed by atoms with van der Waals surface area (Å²) in [6.45, 7) is 8.71. The number of anilines is 1. The zero-order valence-electron chi connectivity index (χ0n) is 11.4. The predicted octanol–water partition coefficient (Wildman–Crippen LogP) is 2.37. The third-order valence-corrected chi connectivity index (χ3v) is 3.33. The number of nitrogens with two attached hydrogens (primary N) is 1. The molecular weight excluding hydrogens is 228 g/mol. The van der Waals surface area contributed by atoms with Crippen LogP contribution in [0, 0.1) is 0 Å². The molecule has 1 aromatic rings. The van der Waals surface area contributed by atoms with Gasteiger partial charge in [0.1, 0.15) is 0 Å². The van der Waals surface area contributed by atoms with Gasteiger partial charge in [-0.2, -0.15) is 0 Å². The van der Waals surface area contributed by atoms with Gasteiger partial charge >= 0.3 is 5.97 Å². The Morgan fingerprint density at radius 3 is 2.28 bits per heavy atom. The summed E-state index contributed by atoms with van der Waals surface area (Å²) in [6.07, 6.45) is 0.684. The van der Waals surface area contributed by atoms with Crippen LogP contribution in [0.3, 0.4) is 0 Å². The number of carboxylic acids is 1. The Labute approximate surface area is 108 Å². The fraction of sp³-hybridized carbons (Fsp3) is 0.500. The standard InChI is InChI=1S/C14H22N2O2/c1-4-10-11(14(17)18)7-8-13(15)12(10)9-16(5-2)6-3/h7-8H,4-6,9,15H2,1-3H3,(H,17,18). The number of benzene rings is 1.